The largest absolute Gasteiger partial charge is 0.480 e. The Bertz CT molecular complexity index is 970. The van der Waals surface area contributed by atoms with E-state index in [0.29, 0.717) is 14.0 Å². The van der Waals surface area contributed by atoms with Crippen LogP contribution in [0.5, 0.6) is 0 Å². The number of benzene rings is 1. The summed E-state index contributed by atoms with van der Waals surface area (Å²) in [7, 11) is 0. The number of hydrogen-bond donors (Lipinski definition) is 1. The van der Waals surface area contributed by atoms with Gasteiger partial charge in [0.2, 0.25) is 0 Å². The van der Waals surface area contributed by atoms with E-state index in [1.54, 1.807) is 23.6 Å². The highest BCUT2D eigenvalue weighted by Gasteiger charge is 2.19. The molecular weight excluding hydrogens is 356 g/mol. The van der Waals surface area contributed by atoms with E-state index < -0.39 is 17.9 Å². The van der Waals surface area contributed by atoms with E-state index in [0.717, 1.165) is 21.6 Å². The zero-order valence-electron chi connectivity index (χ0n) is 11.9. The van der Waals surface area contributed by atoms with Crippen LogP contribution in [-0.4, -0.2) is 21.6 Å². The van der Waals surface area contributed by atoms with E-state index in [-0.39, 0.29) is 0 Å². The minimum absolute atomic E-state index is 0.357. The van der Waals surface area contributed by atoms with Crippen LogP contribution in [-0.2, 0) is 4.79 Å². The Morgan fingerprint density at radius 2 is 1.96 bits per heavy atom. The van der Waals surface area contributed by atoms with Crippen molar-refractivity contribution in [2.24, 2.45) is 4.99 Å². The lowest BCUT2D eigenvalue weighted by Crippen LogP contribution is -2.25. The Hall–Kier alpha value is -1.96. The third-order valence-electron chi connectivity index (χ3n) is 3.26. The summed E-state index contributed by atoms with van der Waals surface area (Å²) in [5.41, 5.74) is 0.739. The molecule has 2 aromatic heterocycles. The quantitative estimate of drug-likeness (QED) is 0.766. The average molecular weight is 367 g/mol. The van der Waals surface area contributed by atoms with E-state index in [1.165, 1.54) is 11.3 Å². The highest BCUT2D eigenvalue weighted by Crippen LogP contribution is 2.23. The third-order valence-corrected chi connectivity index (χ3v) is 5.51. The zero-order chi connectivity index (χ0) is 16.6. The lowest BCUT2D eigenvalue weighted by atomic mass is 10.3. The van der Waals surface area contributed by atoms with Crippen molar-refractivity contribution in [2.75, 3.05) is 0 Å². The van der Waals surface area contributed by atoms with E-state index in [2.05, 4.69) is 4.99 Å². The molecule has 3 rings (SSSR count). The minimum Gasteiger partial charge on any atom is -0.480 e. The first kappa shape index (κ1) is 15.9. The van der Waals surface area contributed by atoms with Crippen molar-refractivity contribution in [3.8, 4) is 0 Å². The fourth-order valence-corrected chi connectivity index (χ4v) is 4.15. The molecule has 0 saturated carbocycles. The Labute approximate surface area is 144 Å². The SMILES string of the molecule is CC(C(=O)O)n1/c(=N\C(=O)c2ccc(Cl)s2)sc2ccccc21. The molecule has 1 amide bonds. The fourth-order valence-electron chi connectivity index (χ4n) is 2.13. The van der Waals surface area contributed by atoms with Gasteiger partial charge in [0.05, 0.1) is 19.4 Å². The Morgan fingerprint density at radius 3 is 2.61 bits per heavy atom. The second-order valence-electron chi connectivity index (χ2n) is 4.76. The number of carboxylic acid groups (broad SMARTS) is 1. The molecule has 2 heterocycles. The predicted molar refractivity (Wildman–Crippen MR) is 91.4 cm³/mol. The number of hydrogen-bond acceptors (Lipinski definition) is 4. The molecular formula is C15H11ClN2O3S2. The maximum atomic E-state index is 12.3. The highest BCUT2D eigenvalue weighted by atomic mass is 35.5. The number of aliphatic carboxylic acids is 1. The van der Waals surface area contributed by atoms with Gasteiger partial charge in [-0.05, 0) is 31.2 Å². The van der Waals surface area contributed by atoms with Gasteiger partial charge in [0, 0.05) is 0 Å². The number of carboxylic acids is 1. The summed E-state index contributed by atoms with van der Waals surface area (Å²) in [5, 5.41) is 9.33. The molecule has 5 nitrogen and oxygen atoms in total. The van der Waals surface area contributed by atoms with Crippen molar-refractivity contribution < 1.29 is 14.7 Å². The first-order chi connectivity index (χ1) is 11.0. The van der Waals surface area contributed by atoms with Crippen molar-refractivity contribution in [1.29, 1.82) is 0 Å². The molecule has 1 aromatic carbocycles. The monoisotopic (exact) mass is 366 g/mol. The molecule has 0 radical (unpaired) electrons. The van der Waals surface area contributed by atoms with Gasteiger partial charge in [-0.1, -0.05) is 35.1 Å². The Morgan fingerprint density at radius 1 is 1.22 bits per heavy atom. The summed E-state index contributed by atoms with van der Waals surface area (Å²) < 4.78 is 2.94. The van der Waals surface area contributed by atoms with Gasteiger partial charge in [0.1, 0.15) is 6.04 Å². The van der Waals surface area contributed by atoms with Crippen molar-refractivity contribution >= 4 is 56.4 Å². The molecule has 3 aromatic rings. The normalized spacial score (nSPS) is 13.4. The number of thiazole rings is 1. The van der Waals surface area contributed by atoms with Crippen LogP contribution in [0, 0.1) is 0 Å². The fraction of sp³-hybridized carbons (Fsp3) is 0.133. The Balaban J connectivity index is 2.20. The Kier molecular flexibility index (Phi) is 4.34. The summed E-state index contributed by atoms with van der Waals surface area (Å²) in [4.78, 5) is 28.6. The molecule has 1 unspecified atom stereocenters. The lowest BCUT2D eigenvalue weighted by Gasteiger charge is -2.09. The second-order valence-corrected chi connectivity index (χ2v) is 7.48. The van der Waals surface area contributed by atoms with Crippen LogP contribution < -0.4 is 4.80 Å². The number of nitrogens with zero attached hydrogens (tertiary/aromatic N) is 2. The predicted octanol–water partition coefficient (Wildman–Crippen LogP) is 3.80. The molecule has 0 aliphatic rings. The van der Waals surface area contributed by atoms with Crippen molar-refractivity contribution in [1.82, 2.24) is 4.57 Å². The van der Waals surface area contributed by atoms with Crippen LogP contribution in [0.15, 0.2) is 41.4 Å². The number of carbonyl (C=O) groups excluding carboxylic acids is 1. The number of para-hydroxylation sites is 1. The highest BCUT2D eigenvalue weighted by molar-refractivity contribution is 7.18. The van der Waals surface area contributed by atoms with Crippen LogP contribution in [0.2, 0.25) is 4.34 Å². The van der Waals surface area contributed by atoms with Gasteiger partial charge >= 0.3 is 5.97 Å². The minimum atomic E-state index is -0.985. The van der Waals surface area contributed by atoms with Crippen molar-refractivity contribution in [2.45, 2.75) is 13.0 Å². The van der Waals surface area contributed by atoms with Gasteiger partial charge in [0.15, 0.2) is 4.80 Å². The van der Waals surface area contributed by atoms with Gasteiger partial charge in [-0.15, -0.1) is 11.3 Å². The molecule has 1 N–H and O–H groups in total. The number of fused-ring (bicyclic) bond motifs is 1. The van der Waals surface area contributed by atoms with Gasteiger partial charge in [-0.25, -0.2) is 4.79 Å². The van der Waals surface area contributed by atoms with Crippen molar-refractivity contribution in [3.05, 3.63) is 50.4 Å². The molecule has 118 valence electrons. The van der Waals surface area contributed by atoms with Crippen LogP contribution >= 0.6 is 34.3 Å². The van der Waals surface area contributed by atoms with Gasteiger partial charge in [-0.3, -0.25) is 4.79 Å². The van der Waals surface area contributed by atoms with Crippen LogP contribution in [0.25, 0.3) is 10.2 Å². The molecule has 1 atom stereocenters. The first-order valence-corrected chi connectivity index (χ1v) is 8.65. The first-order valence-electron chi connectivity index (χ1n) is 6.64. The van der Waals surface area contributed by atoms with Crippen LogP contribution in [0.4, 0.5) is 0 Å². The molecule has 0 aliphatic heterocycles. The number of rotatable bonds is 3. The summed E-state index contributed by atoms with van der Waals surface area (Å²) in [6.45, 7) is 1.56. The van der Waals surface area contributed by atoms with Crippen LogP contribution in [0.3, 0.4) is 0 Å². The lowest BCUT2D eigenvalue weighted by molar-refractivity contribution is -0.140. The summed E-state index contributed by atoms with van der Waals surface area (Å²) in [6, 6.07) is 9.78. The third kappa shape index (κ3) is 3.08. The van der Waals surface area contributed by atoms with E-state index in [1.807, 2.05) is 24.3 Å². The summed E-state index contributed by atoms with van der Waals surface area (Å²) in [5.74, 6) is -1.42. The summed E-state index contributed by atoms with van der Waals surface area (Å²) >= 11 is 8.27. The molecule has 0 bridgehead atoms. The second kappa shape index (κ2) is 6.27. The standard InChI is InChI=1S/C15H11ClN2O3S2/c1-8(14(20)21)18-9-4-2-3-5-10(9)23-15(18)17-13(19)11-6-7-12(16)22-11/h2-8H,1H3,(H,20,21)/b17-15+. The maximum absolute atomic E-state index is 12.3. The number of carbonyl (C=O) groups is 2. The zero-order valence-corrected chi connectivity index (χ0v) is 14.3. The molecule has 23 heavy (non-hydrogen) atoms. The van der Waals surface area contributed by atoms with E-state index >= 15 is 0 Å². The number of halogens is 1. The van der Waals surface area contributed by atoms with E-state index in [9.17, 15) is 14.7 Å². The molecule has 0 spiro atoms. The topological polar surface area (TPSA) is 71.7 Å². The van der Waals surface area contributed by atoms with Gasteiger partial charge < -0.3 is 9.67 Å². The molecule has 0 saturated heterocycles. The van der Waals surface area contributed by atoms with Gasteiger partial charge in [-0.2, -0.15) is 4.99 Å². The number of aromatic nitrogens is 1. The van der Waals surface area contributed by atoms with E-state index in [4.69, 9.17) is 11.6 Å². The molecule has 0 aliphatic carbocycles. The smallest absolute Gasteiger partial charge is 0.326 e. The average Bonchev–Trinajstić information content (AvgIpc) is 3.09. The number of thiophene rings is 1. The molecule has 8 heteroatoms. The van der Waals surface area contributed by atoms with Crippen LogP contribution in [0.1, 0.15) is 22.6 Å². The summed E-state index contributed by atoms with van der Waals surface area (Å²) in [6.07, 6.45) is 0. The molecule has 0 fully saturated rings. The maximum Gasteiger partial charge on any atom is 0.326 e. The number of amides is 1. The van der Waals surface area contributed by atoms with Crippen molar-refractivity contribution in [3.63, 3.8) is 0 Å². The van der Waals surface area contributed by atoms with Gasteiger partial charge in [0.25, 0.3) is 5.91 Å².